The van der Waals surface area contributed by atoms with Crippen LogP contribution in [0.2, 0.25) is 0 Å². The smallest absolute Gasteiger partial charge is 0.243 e. The molecule has 0 radical (unpaired) electrons. The predicted octanol–water partition coefficient (Wildman–Crippen LogP) is 6.97. The number of carbonyl (C=O) groups is 2. The van der Waals surface area contributed by atoms with E-state index in [4.69, 9.17) is 4.52 Å². The van der Waals surface area contributed by atoms with E-state index < -0.39 is 18.1 Å². The fourth-order valence-corrected chi connectivity index (χ4v) is 7.92. The average Bonchev–Trinajstić information content (AvgIpc) is 3.77. The lowest BCUT2D eigenvalue weighted by molar-refractivity contribution is -0.141. The summed E-state index contributed by atoms with van der Waals surface area (Å²) in [6.07, 6.45) is 2.90. The molecule has 10 heteroatoms. The van der Waals surface area contributed by atoms with Gasteiger partial charge >= 0.3 is 0 Å². The highest BCUT2D eigenvalue weighted by atomic mass is 32.1. The summed E-state index contributed by atoms with van der Waals surface area (Å²) in [5, 5.41) is 18.2. The predicted molar refractivity (Wildman–Crippen MR) is 187 cm³/mol. The molecule has 2 N–H and O–H groups in total. The first-order chi connectivity index (χ1) is 22.2. The number of rotatable bonds is 11. The molecular weight excluding hydrogens is 611 g/mol. The first-order valence-corrected chi connectivity index (χ1v) is 18.1. The first kappa shape index (κ1) is 35.1. The highest BCUT2D eigenvalue weighted by Crippen LogP contribution is 2.38. The van der Waals surface area contributed by atoms with Crippen LogP contribution in [0.5, 0.6) is 0 Å². The lowest BCUT2D eigenvalue weighted by Crippen LogP contribution is -2.48. The van der Waals surface area contributed by atoms with Gasteiger partial charge in [0.05, 0.1) is 28.2 Å². The fourth-order valence-electron chi connectivity index (χ4n) is 7.11. The number of aliphatic hydroxyl groups excluding tert-OH is 1. The molecule has 2 fully saturated rings. The number of nitrogens with one attached hydrogen (secondary N) is 1. The second-order valence-corrected chi connectivity index (χ2v) is 16.0. The van der Waals surface area contributed by atoms with Crippen molar-refractivity contribution in [1.29, 1.82) is 0 Å². The summed E-state index contributed by atoms with van der Waals surface area (Å²) in [5.74, 6) is 1.28. The first-order valence-electron chi connectivity index (χ1n) is 17.3. The quantitative estimate of drug-likeness (QED) is 0.228. The summed E-state index contributed by atoms with van der Waals surface area (Å²) in [4.78, 5) is 37.1. The Balaban J connectivity index is 1.26. The summed E-state index contributed by atoms with van der Waals surface area (Å²) < 4.78 is 5.88. The standard InChI is InChI=1S/C37H53N5O4S/c1-22(2)33(31-17-32(40-46-31)41-15-9-10-26(19-41)18-37(7,8)23(3)4)36(45)42-20-29(43)16-30(42)35(44)39-24(5)27-11-13-28(14-12-27)34-25(6)38-21-47-34/h11-14,17,21-24,26,29-30,33,43H,9-10,15-16,18-20H2,1-8H3,(H,39,44). The van der Waals surface area contributed by atoms with Crippen LogP contribution in [0.15, 0.2) is 40.4 Å². The number of aromatic nitrogens is 2. The summed E-state index contributed by atoms with van der Waals surface area (Å²) in [5.41, 5.74) is 5.16. The van der Waals surface area contributed by atoms with Crippen LogP contribution in [0.3, 0.4) is 0 Å². The minimum absolute atomic E-state index is 0.0923. The van der Waals surface area contributed by atoms with Crippen LogP contribution in [0.1, 0.15) is 103 Å². The summed E-state index contributed by atoms with van der Waals surface area (Å²) in [6.45, 7) is 19.2. The van der Waals surface area contributed by atoms with Gasteiger partial charge in [0.15, 0.2) is 11.6 Å². The number of β-amino-alcohol motifs (C(OH)–C–C–N with tert-alkyl or cyclic N) is 1. The number of hydrogen-bond donors (Lipinski definition) is 2. The topological polar surface area (TPSA) is 112 Å². The van der Waals surface area contributed by atoms with Crippen LogP contribution >= 0.6 is 11.3 Å². The molecule has 5 unspecified atom stereocenters. The minimum Gasteiger partial charge on any atom is -0.391 e. The number of thiazole rings is 1. The third kappa shape index (κ3) is 7.91. The molecule has 2 saturated heterocycles. The summed E-state index contributed by atoms with van der Waals surface area (Å²) in [6, 6.07) is 8.99. The van der Waals surface area contributed by atoms with Gasteiger partial charge in [0.25, 0.3) is 0 Å². The molecule has 2 aromatic heterocycles. The SMILES string of the molecule is Cc1ncsc1-c1ccc(C(C)NC(=O)C2CC(O)CN2C(=O)C(c2cc(N3CCCC(CC(C)(C)C(C)C)C3)no2)C(C)C)cc1. The number of aliphatic hydroxyl groups is 1. The number of anilines is 1. The van der Waals surface area contributed by atoms with Crippen molar-refractivity contribution in [3.63, 3.8) is 0 Å². The van der Waals surface area contributed by atoms with E-state index in [2.05, 4.69) is 48.1 Å². The van der Waals surface area contributed by atoms with Crippen molar-refractivity contribution in [2.75, 3.05) is 24.5 Å². The molecule has 3 aromatic rings. The van der Waals surface area contributed by atoms with Gasteiger partial charge in [0.2, 0.25) is 11.8 Å². The number of aryl methyl sites for hydroxylation is 1. The molecule has 0 spiro atoms. The Hall–Kier alpha value is -3.24. The van der Waals surface area contributed by atoms with Crippen molar-refractivity contribution < 1.29 is 19.2 Å². The molecule has 256 valence electrons. The number of likely N-dealkylation sites (tertiary alicyclic amines) is 1. The molecule has 2 aliphatic rings. The molecule has 47 heavy (non-hydrogen) atoms. The van der Waals surface area contributed by atoms with Gasteiger partial charge in [0.1, 0.15) is 12.0 Å². The maximum absolute atomic E-state index is 14.2. The maximum atomic E-state index is 14.2. The molecule has 2 aliphatic heterocycles. The molecule has 4 heterocycles. The lowest BCUT2D eigenvalue weighted by atomic mass is 9.73. The van der Waals surface area contributed by atoms with Gasteiger partial charge in [-0.05, 0) is 67.4 Å². The van der Waals surface area contributed by atoms with E-state index in [1.807, 2.05) is 63.5 Å². The highest BCUT2D eigenvalue weighted by Gasteiger charge is 2.43. The zero-order valence-corrected chi connectivity index (χ0v) is 30.1. The molecule has 9 nitrogen and oxygen atoms in total. The van der Waals surface area contributed by atoms with Crippen molar-refractivity contribution in [3.05, 3.63) is 52.9 Å². The largest absolute Gasteiger partial charge is 0.391 e. The normalized spacial score (nSPS) is 21.8. The minimum atomic E-state index is -0.773. The third-order valence-corrected chi connectivity index (χ3v) is 11.6. The number of piperidine rings is 1. The van der Waals surface area contributed by atoms with Gasteiger partial charge in [-0.3, -0.25) is 9.59 Å². The highest BCUT2D eigenvalue weighted by molar-refractivity contribution is 7.13. The second-order valence-electron chi connectivity index (χ2n) is 15.1. The van der Waals surface area contributed by atoms with Crippen LogP contribution < -0.4 is 10.2 Å². The Labute approximate surface area is 284 Å². The molecule has 0 saturated carbocycles. The Kier molecular flexibility index (Phi) is 10.8. The van der Waals surface area contributed by atoms with Gasteiger partial charge in [-0.15, -0.1) is 11.3 Å². The number of carbonyl (C=O) groups excluding carboxylic acids is 2. The van der Waals surface area contributed by atoms with E-state index in [9.17, 15) is 14.7 Å². The third-order valence-electron chi connectivity index (χ3n) is 10.6. The number of nitrogens with zero attached hydrogens (tertiary/aromatic N) is 4. The summed E-state index contributed by atoms with van der Waals surface area (Å²) >= 11 is 1.61. The van der Waals surface area contributed by atoms with E-state index in [-0.39, 0.29) is 42.2 Å². The van der Waals surface area contributed by atoms with E-state index in [0.29, 0.717) is 17.6 Å². The van der Waals surface area contributed by atoms with Crippen LogP contribution in [0, 0.1) is 30.1 Å². The van der Waals surface area contributed by atoms with Crippen molar-refractivity contribution in [3.8, 4) is 10.4 Å². The van der Waals surface area contributed by atoms with E-state index in [0.717, 1.165) is 53.4 Å². The molecule has 0 bridgehead atoms. The van der Waals surface area contributed by atoms with Crippen molar-refractivity contribution >= 4 is 29.0 Å². The van der Waals surface area contributed by atoms with Crippen molar-refractivity contribution in [2.45, 2.75) is 105 Å². The van der Waals surface area contributed by atoms with E-state index >= 15 is 0 Å². The Morgan fingerprint density at radius 1 is 1.13 bits per heavy atom. The molecule has 5 rings (SSSR count). The van der Waals surface area contributed by atoms with E-state index in [1.165, 1.54) is 6.42 Å². The number of hydrogen-bond acceptors (Lipinski definition) is 8. The molecule has 0 aliphatic carbocycles. The summed E-state index contributed by atoms with van der Waals surface area (Å²) in [7, 11) is 0. The van der Waals surface area contributed by atoms with Crippen LogP contribution in [-0.2, 0) is 9.59 Å². The van der Waals surface area contributed by atoms with Gasteiger partial charge in [-0.25, -0.2) is 4.98 Å². The Bertz CT molecular complexity index is 1510. The van der Waals surface area contributed by atoms with Gasteiger partial charge in [0, 0.05) is 32.1 Å². The van der Waals surface area contributed by atoms with Crippen LogP contribution in [-0.4, -0.2) is 63.7 Å². The molecule has 2 amide bonds. The lowest BCUT2D eigenvalue weighted by Gasteiger charge is -2.38. The zero-order valence-electron chi connectivity index (χ0n) is 29.3. The van der Waals surface area contributed by atoms with Gasteiger partial charge in [-0.2, -0.15) is 0 Å². The average molecular weight is 664 g/mol. The van der Waals surface area contributed by atoms with Crippen molar-refractivity contribution in [2.24, 2.45) is 23.2 Å². The Morgan fingerprint density at radius 2 is 1.85 bits per heavy atom. The van der Waals surface area contributed by atoms with Crippen molar-refractivity contribution in [1.82, 2.24) is 20.4 Å². The molecule has 1 aromatic carbocycles. The molecular formula is C37H53N5O4S. The van der Waals surface area contributed by atoms with E-state index in [1.54, 1.807) is 16.2 Å². The van der Waals surface area contributed by atoms with Gasteiger partial charge < -0.3 is 24.7 Å². The Morgan fingerprint density at radius 3 is 2.49 bits per heavy atom. The van der Waals surface area contributed by atoms with Crippen LogP contribution in [0.4, 0.5) is 5.82 Å². The number of benzene rings is 1. The zero-order chi connectivity index (χ0) is 34.0. The molecule has 5 atom stereocenters. The van der Waals surface area contributed by atoms with Gasteiger partial charge in [-0.1, -0.05) is 71.0 Å². The van der Waals surface area contributed by atoms with Crippen LogP contribution in [0.25, 0.3) is 10.4 Å². The second kappa shape index (κ2) is 14.5. The monoisotopic (exact) mass is 663 g/mol. The maximum Gasteiger partial charge on any atom is 0.243 e. The fraction of sp³-hybridized carbons (Fsp3) is 0.622. The number of amides is 2.